The van der Waals surface area contributed by atoms with Crippen molar-refractivity contribution >= 4 is 37.6 Å². The second-order valence-electron chi connectivity index (χ2n) is 7.94. The summed E-state index contributed by atoms with van der Waals surface area (Å²) in [5.41, 5.74) is 3.83. The molecule has 10 heteroatoms. The molecule has 0 saturated carbocycles. The van der Waals surface area contributed by atoms with Crippen molar-refractivity contribution in [3.8, 4) is 0 Å². The number of nitrogens with zero attached hydrogens (tertiary/aromatic N) is 1. The van der Waals surface area contributed by atoms with Gasteiger partial charge < -0.3 is 9.64 Å². The summed E-state index contributed by atoms with van der Waals surface area (Å²) in [5.74, 6) is -0.917. The lowest BCUT2D eigenvalue weighted by molar-refractivity contribution is -0.201. The van der Waals surface area contributed by atoms with E-state index in [0.29, 0.717) is 31.6 Å². The Morgan fingerprint density at radius 3 is 2.83 bits per heavy atom. The molecule has 166 valence electrons. The van der Waals surface area contributed by atoms with Crippen molar-refractivity contribution in [2.24, 2.45) is 0 Å². The lowest BCUT2D eigenvalue weighted by Crippen LogP contribution is -2.53. The molecule has 0 bridgehead atoms. The van der Waals surface area contributed by atoms with E-state index in [-0.39, 0.29) is 18.9 Å². The van der Waals surface area contributed by atoms with Gasteiger partial charge in [0.2, 0.25) is 0 Å². The smallest absolute Gasteiger partial charge is 0.264 e. The molecule has 2 aliphatic heterocycles. The summed E-state index contributed by atoms with van der Waals surface area (Å²) in [4.78, 5) is 32.5. The molecule has 1 N–H and O–H groups in total. The van der Waals surface area contributed by atoms with Crippen molar-refractivity contribution in [1.29, 1.82) is 0 Å². The molecule has 2 amide bonds. The van der Waals surface area contributed by atoms with Gasteiger partial charge in [0.15, 0.2) is 20.9 Å². The van der Waals surface area contributed by atoms with Crippen LogP contribution in [-0.2, 0) is 30.6 Å². The highest BCUT2D eigenvalue weighted by molar-refractivity contribution is 9.10. The van der Waals surface area contributed by atoms with Crippen molar-refractivity contribution < 1.29 is 27.6 Å². The molecule has 0 aromatic heterocycles. The minimum absolute atomic E-state index is 0.0375. The maximum atomic E-state index is 12.8. The molecule has 2 aliphatic rings. The van der Waals surface area contributed by atoms with Gasteiger partial charge in [0.25, 0.3) is 11.8 Å². The van der Waals surface area contributed by atoms with Gasteiger partial charge in [-0.05, 0) is 56.4 Å². The van der Waals surface area contributed by atoms with Gasteiger partial charge in [-0.1, -0.05) is 15.9 Å². The summed E-state index contributed by atoms with van der Waals surface area (Å²) in [7, 11) is -3.78. The van der Waals surface area contributed by atoms with E-state index in [0.717, 1.165) is 29.1 Å². The fourth-order valence-corrected chi connectivity index (χ4v) is 4.81. The van der Waals surface area contributed by atoms with Crippen LogP contribution in [-0.4, -0.2) is 62.1 Å². The molecule has 2 heterocycles. The highest BCUT2D eigenvalue weighted by Gasteiger charge is 2.44. The summed E-state index contributed by atoms with van der Waals surface area (Å²) >= 11 is 3.41. The fraction of sp³-hybridized carbons (Fsp3) is 0.600. The largest absolute Gasteiger partial charge is 0.350 e. The number of benzene rings is 1. The molecule has 3 rings (SSSR count). The van der Waals surface area contributed by atoms with Gasteiger partial charge in [-0.25, -0.2) is 18.7 Å². The average Bonchev–Trinajstić information content (AvgIpc) is 2.71. The van der Waals surface area contributed by atoms with Gasteiger partial charge in [0.05, 0.1) is 0 Å². The van der Waals surface area contributed by atoms with Crippen molar-refractivity contribution in [2.45, 2.75) is 50.1 Å². The van der Waals surface area contributed by atoms with E-state index < -0.39 is 26.8 Å². The van der Waals surface area contributed by atoms with Crippen LogP contribution in [0, 0.1) is 0 Å². The molecule has 8 nitrogen and oxygen atoms in total. The Labute approximate surface area is 185 Å². The maximum Gasteiger partial charge on any atom is 0.264 e. The number of sulfone groups is 1. The third kappa shape index (κ3) is 5.04. The third-order valence-electron chi connectivity index (χ3n) is 5.81. The Kier molecular flexibility index (Phi) is 7.21. The molecule has 2 unspecified atom stereocenters. The van der Waals surface area contributed by atoms with Crippen LogP contribution >= 0.6 is 15.9 Å². The second-order valence-corrected chi connectivity index (χ2v) is 11.3. The Hall–Kier alpha value is -1.49. The number of nitrogens with one attached hydrogen (secondary N) is 1. The summed E-state index contributed by atoms with van der Waals surface area (Å²) in [5, 5.41) is 0. The van der Waals surface area contributed by atoms with Crippen LogP contribution in [0.4, 0.5) is 0 Å². The molecule has 0 radical (unpaired) electrons. The van der Waals surface area contributed by atoms with Gasteiger partial charge in [-0.2, -0.15) is 0 Å². The first-order valence-corrected chi connectivity index (χ1v) is 12.7. The van der Waals surface area contributed by atoms with Crippen LogP contribution < -0.4 is 5.48 Å². The summed E-state index contributed by atoms with van der Waals surface area (Å²) in [6, 6.07) is 5.48. The Balaban J connectivity index is 1.66. The van der Waals surface area contributed by atoms with Crippen molar-refractivity contribution in [2.75, 3.05) is 26.0 Å². The summed E-state index contributed by atoms with van der Waals surface area (Å²) in [6.07, 6.45) is 3.56. The minimum Gasteiger partial charge on any atom is -0.350 e. The Bertz CT molecular complexity index is 916. The fourth-order valence-electron chi connectivity index (χ4n) is 3.57. The normalized spacial score (nSPS) is 21.6. The third-order valence-corrected chi connectivity index (χ3v) is 8.33. The van der Waals surface area contributed by atoms with Crippen LogP contribution in [0.25, 0.3) is 0 Å². The van der Waals surface area contributed by atoms with Crippen LogP contribution in [0.1, 0.15) is 48.5 Å². The van der Waals surface area contributed by atoms with E-state index in [1.54, 1.807) is 17.0 Å². The monoisotopic (exact) mass is 502 g/mol. The van der Waals surface area contributed by atoms with Crippen LogP contribution in [0.3, 0.4) is 0 Å². The number of hydrogen-bond acceptors (Lipinski definition) is 6. The molecule has 0 aliphatic carbocycles. The standard InChI is InChI=1S/C20H27BrN2O6S/c1-20(30(2,26)27,19(25)22-29-17-5-3-4-12-28-17)9-11-23-10-8-14-13-15(21)6-7-16(14)18(23)24/h6-7,13,17H,3-5,8-12H2,1-2H3,(H,22,25). The van der Waals surface area contributed by atoms with Gasteiger partial charge in [0, 0.05) is 42.4 Å². The zero-order chi connectivity index (χ0) is 21.9. The zero-order valence-corrected chi connectivity index (χ0v) is 19.6. The van der Waals surface area contributed by atoms with Crippen molar-refractivity contribution in [3.63, 3.8) is 0 Å². The molecular weight excluding hydrogens is 476 g/mol. The number of rotatable bonds is 7. The number of hydrogen-bond donors (Lipinski definition) is 1. The number of amides is 2. The minimum atomic E-state index is -3.78. The molecule has 0 spiro atoms. The lowest BCUT2D eigenvalue weighted by atomic mass is 9.98. The molecular formula is C20H27BrN2O6S. The predicted octanol–water partition coefficient (Wildman–Crippen LogP) is 2.22. The summed E-state index contributed by atoms with van der Waals surface area (Å²) in [6.45, 7) is 2.52. The first-order chi connectivity index (χ1) is 14.1. The topological polar surface area (TPSA) is 102 Å². The van der Waals surface area contributed by atoms with Crippen LogP contribution in [0.2, 0.25) is 0 Å². The number of carbonyl (C=O) groups is 2. The average molecular weight is 503 g/mol. The predicted molar refractivity (Wildman–Crippen MR) is 114 cm³/mol. The number of hydroxylamine groups is 1. The first-order valence-electron chi connectivity index (χ1n) is 9.97. The highest BCUT2D eigenvalue weighted by Crippen LogP contribution is 2.26. The van der Waals surface area contributed by atoms with E-state index in [9.17, 15) is 18.0 Å². The van der Waals surface area contributed by atoms with E-state index in [4.69, 9.17) is 9.57 Å². The van der Waals surface area contributed by atoms with Crippen LogP contribution in [0.5, 0.6) is 0 Å². The molecule has 30 heavy (non-hydrogen) atoms. The van der Waals surface area contributed by atoms with Crippen molar-refractivity contribution in [3.05, 3.63) is 33.8 Å². The molecule has 1 fully saturated rings. The molecule has 1 aromatic carbocycles. The SMILES string of the molecule is CC(CCN1CCc2cc(Br)ccc2C1=O)(C(=O)NOC1CCCCO1)S(C)(=O)=O. The van der Waals surface area contributed by atoms with Gasteiger partial charge in [-0.15, -0.1) is 0 Å². The molecule has 2 atom stereocenters. The number of ether oxygens (including phenoxy) is 1. The number of halogens is 1. The maximum absolute atomic E-state index is 12.8. The lowest BCUT2D eigenvalue weighted by Gasteiger charge is -2.33. The zero-order valence-electron chi connectivity index (χ0n) is 17.1. The van der Waals surface area contributed by atoms with Gasteiger partial charge in [0.1, 0.15) is 0 Å². The van der Waals surface area contributed by atoms with Gasteiger partial charge in [-0.3, -0.25) is 9.59 Å². The first kappa shape index (κ1) is 23.2. The molecule has 1 saturated heterocycles. The molecule has 1 aromatic rings. The van der Waals surface area contributed by atoms with Crippen molar-refractivity contribution in [1.82, 2.24) is 10.4 Å². The van der Waals surface area contributed by atoms with E-state index >= 15 is 0 Å². The Morgan fingerprint density at radius 2 is 2.17 bits per heavy atom. The highest BCUT2D eigenvalue weighted by atomic mass is 79.9. The Morgan fingerprint density at radius 1 is 1.40 bits per heavy atom. The summed E-state index contributed by atoms with van der Waals surface area (Å²) < 4.78 is 29.5. The quantitative estimate of drug-likeness (QED) is 0.573. The van der Waals surface area contributed by atoms with Crippen LogP contribution in [0.15, 0.2) is 22.7 Å². The van der Waals surface area contributed by atoms with E-state index in [1.165, 1.54) is 6.92 Å². The number of carbonyl (C=O) groups excluding carboxylic acids is 2. The van der Waals surface area contributed by atoms with E-state index in [1.807, 2.05) is 6.07 Å². The second kappa shape index (κ2) is 9.33. The van der Waals surface area contributed by atoms with Gasteiger partial charge >= 0.3 is 0 Å². The number of fused-ring (bicyclic) bond motifs is 1. The van der Waals surface area contributed by atoms with E-state index in [2.05, 4.69) is 21.4 Å².